The second-order valence-corrected chi connectivity index (χ2v) is 7.91. The lowest BCUT2D eigenvalue weighted by molar-refractivity contribution is 0.345. The summed E-state index contributed by atoms with van der Waals surface area (Å²) in [5.74, 6) is 0.853. The van der Waals surface area contributed by atoms with E-state index in [1.165, 1.54) is 10.3 Å². The van der Waals surface area contributed by atoms with Crippen LogP contribution in [0.4, 0.5) is 0 Å². The van der Waals surface area contributed by atoms with E-state index in [1.54, 1.807) is 18.4 Å². The third-order valence-electron chi connectivity index (χ3n) is 5.11. The van der Waals surface area contributed by atoms with Gasteiger partial charge in [0.25, 0.3) is 0 Å². The second-order valence-electron chi connectivity index (χ2n) is 6.88. The zero-order valence-corrected chi connectivity index (χ0v) is 15.7. The molecule has 6 nitrogen and oxygen atoms in total. The van der Waals surface area contributed by atoms with E-state index in [-0.39, 0.29) is 0 Å². The van der Waals surface area contributed by atoms with Gasteiger partial charge < -0.3 is 10.1 Å². The molecule has 3 aromatic heterocycles. The van der Waals surface area contributed by atoms with Gasteiger partial charge in [0.15, 0.2) is 0 Å². The van der Waals surface area contributed by atoms with Crippen LogP contribution in [0.2, 0.25) is 0 Å². The zero-order chi connectivity index (χ0) is 17.7. The van der Waals surface area contributed by atoms with Crippen LogP contribution in [0.1, 0.15) is 18.9 Å². The number of benzene rings is 1. The number of methoxy groups -OCH3 is 1. The minimum absolute atomic E-state index is 0.514. The smallest absolute Gasteiger partial charge is 0.146 e. The first-order valence-corrected chi connectivity index (χ1v) is 9.74. The van der Waals surface area contributed by atoms with Crippen molar-refractivity contribution in [2.24, 2.45) is 7.05 Å². The summed E-state index contributed by atoms with van der Waals surface area (Å²) in [6, 6.07) is 6.91. The average molecular weight is 367 g/mol. The van der Waals surface area contributed by atoms with E-state index in [1.807, 2.05) is 24.0 Å². The summed E-state index contributed by atoms with van der Waals surface area (Å²) >= 11 is 1.73. The third kappa shape index (κ3) is 2.59. The van der Waals surface area contributed by atoms with E-state index in [0.717, 1.165) is 53.0 Å². The van der Waals surface area contributed by atoms with Crippen LogP contribution in [0, 0.1) is 0 Å². The van der Waals surface area contributed by atoms with Crippen molar-refractivity contribution in [3.63, 3.8) is 0 Å². The second kappa shape index (κ2) is 6.10. The Morgan fingerprint density at radius 1 is 1.12 bits per heavy atom. The summed E-state index contributed by atoms with van der Waals surface area (Å²) in [4.78, 5) is 2.27. The number of aryl methyl sites for hydroxylation is 1. The molecular weight excluding hydrogens is 346 g/mol. The molecule has 0 atom stereocenters. The van der Waals surface area contributed by atoms with Crippen molar-refractivity contribution in [3.05, 3.63) is 30.6 Å². The fourth-order valence-electron chi connectivity index (χ4n) is 3.77. The van der Waals surface area contributed by atoms with Crippen LogP contribution in [-0.4, -0.2) is 39.8 Å². The van der Waals surface area contributed by atoms with Gasteiger partial charge in [0.05, 0.1) is 18.7 Å². The van der Waals surface area contributed by atoms with Crippen molar-refractivity contribution in [2.75, 3.05) is 20.2 Å². The average Bonchev–Trinajstić information content (AvgIpc) is 3.32. The summed E-state index contributed by atoms with van der Waals surface area (Å²) in [6.45, 7) is 2.15. The molecule has 4 aromatic rings. The highest BCUT2D eigenvalue weighted by Gasteiger charge is 2.19. The number of thiophene rings is 1. The minimum atomic E-state index is 0.514. The zero-order valence-electron chi connectivity index (χ0n) is 14.9. The Bertz CT molecular complexity index is 1050. The van der Waals surface area contributed by atoms with Gasteiger partial charge in [-0.3, -0.25) is 9.36 Å². The van der Waals surface area contributed by atoms with Crippen LogP contribution in [0.25, 0.3) is 31.6 Å². The predicted molar refractivity (Wildman–Crippen MR) is 105 cm³/mol. The number of nitrogens with zero attached hydrogens (tertiary/aromatic N) is 4. The molecule has 0 bridgehead atoms. The number of nitrogens with one attached hydrogen (secondary N) is 1. The molecule has 0 aliphatic carbocycles. The van der Waals surface area contributed by atoms with Gasteiger partial charge in [-0.1, -0.05) is 0 Å². The molecule has 0 saturated carbocycles. The molecule has 1 fully saturated rings. The van der Waals surface area contributed by atoms with Gasteiger partial charge in [-0.2, -0.15) is 10.2 Å². The van der Waals surface area contributed by atoms with E-state index in [2.05, 4.69) is 33.4 Å². The normalized spacial score (nSPS) is 15.9. The fraction of sp³-hybridized carbons (Fsp3) is 0.368. The van der Waals surface area contributed by atoms with Gasteiger partial charge in [-0.25, -0.2) is 0 Å². The monoisotopic (exact) mass is 367 g/mol. The summed E-state index contributed by atoms with van der Waals surface area (Å²) in [5, 5.41) is 15.1. The van der Waals surface area contributed by atoms with Crippen molar-refractivity contribution in [3.8, 4) is 16.2 Å². The predicted octanol–water partition coefficient (Wildman–Crippen LogP) is 3.58. The molecule has 1 aliphatic heterocycles. The maximum absolute atomic E-state index is 5.63. The Kier molecular flexibility index (Phi) is 3.72. The first-order valence-electron chi connectivity index (χ1n) is 8.92. The highest BCUT2D eigenvalue weighted by atomic mass is 32.1. The van der Waals surface area contributed by atoms with Gasteiger partial charge in [-0.05, 0) is 38.1 Å². The first-order chi connectivity index (χ1) is 12.7. The summed E-state index contributed by atoms with van der Waals surface area (Å²) in [6.07, 6.45) is 6.52. The summed E-state index contributed by atoms with van der Waals surface area (Å²) in [7, 11) is 3.65. The molecule has 26 heavy (non-hydrogen) atoms. The standard InChI is InChI=1S/C19H21N5OS/c1-23-10-12-7-15(17(25-2)9-16(12)21-23)18-8-13-11-24(22-19(13)26-18)14-3-5-20-6-4-14/h7-11,14,20H,3-6H2,1-2H3. The van der Waals surface area contributed by atoms with Crippen LogP contribution in [0.3, 0.4) is 0 Å². The maximum atomic E-state index is 5.63. The lowest BCUT2D eigenvalue weighted by atomic mass is 10.1. The molecule has 1 aliphatic rings. The van der Waals surface area contributed by atoms with Crippen molar-refractivity contribution in [1.29, 1.82) is 0 Å². The molecule has 134 valence electrons. The van der Waals surface area contributed by atoms with E-state index in [4.69, 9.17) is 9.84 Å². The van der Waals surface area contributed by atoms with Crippen LogP contribution in [0.15, 0.2) is 30.6 Å². The van der Waals surface area contributed by atoms with Crippen LogP contribution < -0.4 is 10.1 Å². The Hall–Kier alpha value is -2.38. The summed E-state index contributed by atoms with van der Waals surface area (Å²) < 4.78 is 9.63. The highest BCUT2D eigenvalue weighted by molar-refractivity contribution is 7.21. The van der Waals surface area contributed by atoms with Gasteiger partial charge in [0.1, 0.15) is 10.6 Å². The molecular formula is C19H21N5OS. The van der Waals surface area contributed by atoms with Crippen molar-refractivity contribution in [1.82, 2.24) is 24.9 Å². The largest absolute Gasteiger partial charge is 0.496 e. The molecule has 1 aromatic carbocycles. The molecule has 0 amide bonds. The Labute approximate surface area is 155 Å². The molecule has 5 rings (SSSR count). The molecule has 1 N–H and O–H groups in total. The highest BCUT2D eigenvalue weighted by Crippen LogP contribution is 2.40. The maximum Gasteiger partial charge on any atom is 0.146 e. The number of rotatable bonds is 3. The summed E-state index contributed by atoms with van der Waals surface area (Å²) in [5.41, 5.74) is 2.05. The number of piperidine rings is 1. The lowest BCUT2D eigenvalue weighted by Crippen LogP contribution is -2.29. The van der Waals surface area contributed by atoms with E-state index in [9.17, 15) is 0 Å². The van der Waals surface area contributed by atoms with Crippen molar-refractivity contribution < 1.29 is 4.74 Å². The third-order valence-corrected chi connectivity index (χ3v) is 6.17. The van der Waals surface area contributed by atoms with Crippen LogP contribution in [-0.2, 0) is 7.05 Å². The number of hydrogen-bond donors (Lipinski definition) is 1. The number of ether oxygens (including phenoxy) is 1. The fourth-order valence-corrected chi connectivity index (χ4v) is 4.80. The quantitative estimate of drug-likeness (QED) is 0.601. The number of aromatic nitrogens is 4. The minimum Gasteiger partial charge on any atom is -0.496 e. The molecule has 7 heteroatoms. The molecule has 0 unspecified atom stereocenters. The van der Waals surface area contributed by atoms with E-state index in [0.29, 0.717) is 6.04 Å². The number of hydrogen-bond acceptors (Lipinski definition) is 5. The van der Waals surface area contributed by atoms with Crippen molar-refractivity contribution >= 4 is 32.5 Å². The van der Waals surface area contributed by atoms with Crippen LogP contribution >= 0.6 is 11.3 Å². The first kappa shape index (κ1) is 15.8. The van der Waals surface area contributed by atoms with E-state index < -0.39 is 0 Å². The molecule has 0 spiro atoms. The lowest BCUT2D eigenvalue weighted by Gasteiger charge is -2.22. The molecule has 0 radical (unpaired) electrons. The molecule has 4 heterocycles. The van der Waals surface area contributed by atoms with Gasteiger partial charge in [0, 0.05) is 46.7 Å². The van der Waals surface area contributed by atoms with Gasteiger partial charge in [-0.15, -0.1) is 11.3 Å². The topological polar surface area (TPSA) is 56.9 Å². The van der Waals surface area contributed by atoms with Crippen molar-refractivity contribution in [2.45, 2.75) is 18.9 Å². The SMILES string of the molecule is COc1cc2nn(C)cc2cc1-c1cc2cn(C3CCNCC3)nc2s1. The number of fused-ring (bicyclic) bond motifs is 2. The molecule has 1 saturated heterocycles. The van der Waals surface area contributed by atoms with Gasteiger partial charge in [0.2, 0.25) is 0 Å². The van der Waals surface area contributed by atoms with E-state index >= 15 is 0 Å². The van der Waals surface area contributed by atoms with Crippen LogP contribution in [0.5, 0.6) is 5.75 Å². The Morgan fingerprint density at radius 2 is 1.96 bits per heavy atom. The Morgan fingerprint density at radius 3 is 2.73 bits per heavy atom. The Balaban J connectivity index is 1.56. The van der Waals surface area contributed by atoms with Gasteiger partial charge >= 0.3 is 0 Å².